The maximum atomic E-state index is 12.5. The molecule has 0 atom stereocenters. The Labute approximate surface area is 140 Å². The van der Waals surface area contributed by atoms with Gasteiger partial charge in [-0.3, -0.25) is 4.79 Å². The van der Waals surface area contributed by atoms with Crippen LogP contribution in [0.1, 0.15) is 42.6 Å². The summed E-state index contributed by atoms with van der Waals surface area (Å²) in [5.41, 5.74) is 0.810. The molecule has 0 bridgehead atoms. The topological polar surface area (TPSA) is 78.7 Å². The van der Waals surface area contributed by atoms with Crippen molar-refractivity contribution in [2.75, 3.05) is 0 Å². The minimum Gasteiger partial charge on any atom is -0.415 e. The van der Waals surface area contributed by atoms with Crippen molar-refractivity contribution in [3.63, 3.8) is 0 Å². The molecule has 1 aliphatic carbocycles. The molecule has 1 fully saturated rings. The molecule has 0 aliphatic heterocycles. The summed E-state index contributed by atoms with van der Waals surface area (Å²) in [6.45, 7) is 0.339. The van der Waals surface area contributed by atoms with E-state index in [1.807, 2.05) is 17.8 Å². The van der Waals surface area contributed by atoms with Crippen LogP contribution in [0.3, 0.4) is 0 Å². The van der Waals surface area contributed by atoms with Crippen molar-refractivity contribution in [1.29, 1.82) is 0 Å². The number of pyridine rings is 1. The standard InChI is InChI=1S/C16H15F2N5O2/c1-22-7-11(19-14(22)9-2-3-9)8-23-5-4-10(6-12(23)24)15-20-21-16(25-15)13(17)18/h4-7,9,13H,2-3,8H2,1H3. The van der Waals surface area contributed by atoms with Gasteiger partial charge in [-0.15, -0.1) is 10.2 Å². The molecule has 0 aromatic carbocycles. The second kappa shape index (κ2) is 5.91. The number of hydrogen-bond acceptors (Lipinski definition) is 5. The largest absolute Gasteiger partial charge is 0.415 e. The van der Waals surface area contributed by atoms with E-state index in [0.717, 1.165) is 24.4 Å². The van der Waals surface area contributed by atoms with E-state index in [1.165, 1.54) is 10.6 Å². The lowest BCUT2D eigenvalue weighted by molar-refractivity contribution is 0.116. The number of aromatic nitrogens is 5. The van der Waals surface area contributed by atoms with E-state index in [2.05, 4.69) is 15.2 Å². The lowest BCUT2D eigenvalue weighted by Crippen LogP contribution is -2.19. The Morgan fingerprint density at radius 3 is 2.80 bits per heavy atom. The first-order valence-corrected chi connectivity index (χ1v) is 7.86. The van der Waals surface area contributed by atoms with E-state index < -0.39 is 12.3 Å². The molecule has 0 spiro atoms. The maximum Gasteiger partial charge on any atom is 0.314 e. The maximum absolute atomic E-state index is 12.5. The summed E-state index contributed by atoms with van der Waals surface area (Å²) in [6, 6.07) is 2.86. The second-order valence-electron chi connectivity index (χ2n) is 6.10. The van der Waals surface area contributed by atoms with Crippen molar-refractivity contribution in [2.45, 2.75) is 31.7 Å². The lowest BCUT2D eigenvalue weighted by atomic mass is 10.2. The summed E-state index contributed by atoms with van der Waals surface area (Å²) >= 11 is 0. The van der Waals surface area contributed by atoms with Gasteiger partial charge in [0, 0.05) is 37.0 Å². The molecule has 9 heteroatoms. The number of rotatable bonds is 5. The molecular formula is C16H15F2N5O2. The van der Waals surface area contributed by atoms with Crippen LogP contribution in [-0.4, -0.2) is 24.3 Å². The molecule has 0 radical (unpaired) electrons. The van der Waals surface area contributed by atoms with E-state index in [1.54, 1.807) is 12.3 Å². The molecular weight excluding hydrogens is 332 g/mol. The summed E-state index contributed by atoms with van der Waals surface area (Å²) in [5.74, 6) is 0.707. The van der Waals surface area contributed by atoms with Gasteiger partial charge in [0.25, 0.3) is 11.4 Å². The SMILES string of the molecule is Cn1cc(Cn2ccc(-c3nnc(C(F)F)o3)cc2=O)nc1C1CC1. The molecule has 130 valence electrons. The van der Waals surface area contributed by atoms with Gasteiger partial charge in [0.1, 0.15) is 5.82 Å². The first kappa shape index (κ1) is 15.7. The van der Waals surface area contributed by atoms with Gasteiger partial charge < -0.3 is 13.6 Å². The average Bonchev–Trinajstić information content (AvgIpc) is 3.16. The van der Waals surface area contributed by atoms with Gasteiger partial charge in [-0.05, 0) is 18.9 Å². The van der Waals surface area contributed by atoms with Crippen LogP contribution >= 0.6 is 0 Å². The third-order valence-electron chi connectivity index (χ3n) is 4.11. The fourth-order valence-corrected chi connectivity index (χ4v) is 2.73. The van der Waals surface area contributed by atoms with E-state index in [9.17, 15) is 13.6 Å². The first-order chi connectivity index (χ1) is 12.0. The molecule has 25 heavy (non-hydrogen) atoms. The Balaban J connectivity index is 1.57. The quantitative estimate of drug-likeness (QED) is 0.708. The van der Waals surface area contributed by atoms with Crippen molar-refractivity contribution in [3.8, 4) is 11.5 Å². The highest BCUT2D eigenvalue weighted by molar-refractivity contribution is 5.51. The molecule has 0 N–H and O–H groups in total. The van der Waals surface area contributed by atoms with Crippen molar-refractivity contribution in [3.05, 3.63) is 52.3 Å². The number of nitrogens with zero attached hydrogens (tertiary/aromatic N) is 5. The summed E-state index contributed by atoms with van der Waals surface area (Å²) in [5, 5.41) is 6.80. The normalized spacial score (nSPS) is 14.4. The molecule has 0 amide bonds. The van der Waals surface area contributed by atoms with Crippen LogP contribution in [0.15, 0.2) is 33.7 Å². The van der Waals surface area contributed by atoms with Crippen molar-refractivity contribution >= 4 is 0 Å². The van der Waals surface area contributed by atoms with Gasteiger partial charge in [-0.2, -0.15) is 8.78 Å². The van der Waals surface area contributed by atoms with Crippen molar-refractivity contribution in [2.24, 2.45) is 7.05 Å². The molecule has 3 heterocycles. The van der Waals surface area contributed by atoms with Crippen LogP contribution in [0.4, 0.5) is 8.78 Å². The Hall–Kier alpha value is -2.84. The number of hydrogen-bond donors (Lipinski definition) is 0. The smallest absolute Gasteiger partial charge is 0.314 e. The number of aryl methyl sites for hydroxylation is 1. The van der Waals surface area contributed by atoms with E-state index >= 15 is 0 Å². The minimum absolute atomic E-state index is 0.103. The number of alkyl halides is 2. The minimum atomic E-state index is -2.84. The Kier molecular flexibility index (Phi) is 3.70. The Morgan fingerprint density at radius 2 is 2.16 bits per heavy atom. The third kappa shape index (κ3) is 3.09. The second-order valence-corrected chi connectivity index (χ2v) is 6.10. The van der Waals surface area contributed by atoms with E-state index in [-0.39, 0.29) is 11.4 Å². The van der Waals surface area contributed by atoms with Crippen LogP contribution in [0.5, 0.6) is 0 Å². The molecule has 3 aromatic heterocycles. The molecule has 0 saturated heterocycles. The van der Waals surface area contributed by atoms with E-state index in [4.69, 9.17) is 4.42 Å². The highest BCUT2D eigenvalue weighted by Gasteiger charge is 2.28. The summed E-state index contributed by atoms with van der Waals surface area (Å²) in [4.78, 5) is 16.9. The predicted octanol–water partition coefficient (Wildman–Crippen LogP) is 2.50. The van der Waals surface area contributed by atoms with Crippen LogP contribution < -0.4 is 5.56 Å². The summed E-state index contributed by atoms with van der Waals surface area (Å²) in [6.07, 6.45) is 2.95. The zero-order valence-electron chi connectivity index (χ0n) is 13.4. The van der Waals surface area contributed by atoms with Crippen molar-refractivity contribution in [1.82, 2.24) is 24.3 Å². The van der Waals surface area contributed by atoms with Gasteiger partial charge >= 0.3 is 6.43 Å². The van der Waals surface area contributed by atoms with Gasteiger partial charge in [0.15, 0.2) is 0 Å². The Bertz CT molecular complexity index is 971. The lowest BCUT2D eigenvalue weighted by Gasteiger charge is -2.03. The highest BCUT2D eigenvalue weighted by atomic mass is 19.3. The fourth-order valence-electron chi connectivity index (χ4n) is 2.73. The summed E-state index contributed by atoms with van der Waals surface area (Å²) in [7, 11) is 1.95. The van der Waals surface area contributed by atoms with Gasteiger partial charge in [0.2, 0.25) is 5.89 Å². The van der Waals surface area contributed by atoms with Gasteiger partial charge in [0.05, 0.1) is 12.2 Å². The predicted molar refractivity (Wildman–Crippen MR) is 83.2 cm³/mol. The summed E-state index contributed by atoms with van der Waals surface area (Å²) < 4.78 is 33.4. The molecule has 3 aromatic rings. The van der Waals surface area contributed by atoms with Gasteiger partial charge in [-0.1, -0.05) is 0 Å². The molecule has 7 nitrogen and oxygen atoms in total. The van der Waals surface area contributed by atoms with E-state index in [0.29, 0.717) is 18.0 Å². The number of halogens is 2. The average molecular weight is 347 g/mol. The first-order valence-electron chi connectivity index (χ1n) is 7.86. The monoisotopic (exact) mass is 347 g/mol. The molecule has 0 unspecified atom stereocenters. The zero-order chi connectivity index (χ0) is 17.6. The molecule has 4 rings (SSSR count). The highest BCUT2D eigenvalue weighted by Crippen LogP contribution is 2.39. The fraction of sp³-hybridized carbons (Fsp3) is 0.375. The zero-order valence-corrected chi connectivity index (χ0v) is 13.4. The molecule has 1 aliphatic rings. The van der Waals surface area contributed by atoms with Crippen LogP contribution in [-0.2, 0) is 13.6 Å². The third-order valence-corrected chi connectivity index (χ3v) is 4.11. The van der Waals surface area contributed by atoms with Gasteiger partial charge in [-0.25, -0.2) is 4.98 Å². The van der Waals surface area contributed by atoms with Crippen LogP contribution in [0.2, 0.25) is 0 Å². The van der Waals surface area contributed by atoms with Crippen LogP contribution in [0, 0.1) is 0 Å². The van der Waals surface area contributed by atoms with Crippen LogP contribution in [0.25, 0.3) is 11.5 Å². The number of imidazole rings is 1. The Morgan fingerprint density at radius 1 is 1.36 bits per heavy atom. The molecule has 1 saturated carbocycles. The van der Waals surface area contributed by atoms with Crippen molar-refractivity contribution < 1.29 is 13.2 Å².